The number of fused-ring (bicyclic) bond motifs is 1. The van der Waals surface area contributed by atoms with Crippen molar-refractivity contribution in [2.75, 3.05) is 0 Å². The predicted molar refractivity (Wildman–Crippen MR) is 42.2 cm³/mol. The number of carbonyl (C=O) groups excluding carboxylic acids is 1. The summed E-state index contributed by atoms with van der Waals surface area (Å²) in [6.07, 6.45) is 5.03. The monoisotopic (exact) mass is 157 g/mol. The second kappa shape index (κ2) is 2.46. The first-order valence-corrected chi connectivity index (χ1v) is 4.71. The lowest BCUT2D eigenvalue weighted by molar-refractivity contribution is 0.258. The summed E-state index contributed by atoms with van der Waals surface area (Å²) in [7, 11) is 0. The minimum absolute atomic E-state index is 0.192. The fourth-order valence-electron chi connectivity index (χ4n) is 1.73. The molecule has 1 saturated heterocycles. The molecule has 1 aliphatic heterocycles. The standard InChI is InChI=1S/C7H11NOS/c9-7-8-5-3-1-2-4-6(5)10-7/h5-6H,1-4H2,(H,8,9)/t5-,6+/m0/s1. The molecule has 3 heteroatoms. The lowest BCUT2D eigenvalue weighted by atomic mass is 9.95. The van der Waals surface area contributed by atoms with E-state index in [-0.39, 0.29) is 5.24 Å². The smallest absolute Gasteiger partial charge is 0.279 e. The molecule has 10 heavy (non-hydrogen) atoms. The second-order valence-corrected chi connectivity index (χ2v) is 4.19. The van der Waals surface area contributed by atoms with E-state index in [1.54, 1.807) is 0 Å². The summed E-state index contributed by atoms with van der Waals surface area (Å²) >= 11 is 1.50. The van der Waals surface area contributed by atoms with Crippen LogP contribution in [0.3, 0.4) is 0 Å². The molecule has 2 rings (SSSR count). The molecule has 1 aliphatic carbocycles. The van der Waals surface area contributed by atoms with Gasteiger partial charge in [0.2, 0.25) is 0 Å². The fourth-order valence-corrected chi connectivity index (χ4v) is 2.87. The molecule has 0 spiro atoms. The third-order valence-corrected chi connectivity index (χ3v) is 3.46. The molecule has 0 bridgehead atoms. The normalized spacial score (nSPS) is 39.0. The van der Waals surface area contributed by atoms with Crippen molar-refractivity contribution in [1.82, 2.24) is 5.32 Å². The maximum Gasteiger partial charge on any atom is 0.279 e. The molecule has 0 radical (unpaired) electrons. The molecule has 0 aromatic rings. The van der Waals surface area contributed by atoms with Crippen LogP contribution in [0, 0.1) is 0 Å². The van der Waals surface area contributed by atoms with Crippen LogP contribution in [0.5, 0.6) is 0 Å². The van der Waals surface area contributed by atoms with E-state index < -0.39 is 0 Å². The number of hydrogen-bond donors (Lipinski definition) is 1. The van der Waals surface area contributed by atoms with Gasteiger partial charge in [0.1, 0.15) is 0 Å². The Morgan fingerprint density at radius 1 is 1.40 bits per heavy atom. The topological polar surface area (TPSA) is 29.1 Å². The van der Waals surface area contributed by atoms with Crippen LogP contribution in [0.15, 0.2) is 0 Å². The summed E-state index contributed by atoms with van der Waals surface area (Å²) in [5, 5.41) is 3.77. The van der Waals surface area contributed by atoms with Crippen molar-refractivity contribution < 1.29 is 4.79 Å². The molecule has 2 atom stereocenters. The van der Waals surface area contributed by atoms with E-state index in [2.05, 4.69) is 5.32 Å². The van der Waals surface area contributed by atoms with Crippen LogP contribution in [0.2, 0.25) is 0 Å². The lowest BCUT2D eigenvalue weighted by Crippen LogP contribution is -2.33. The van der Waals surface area contributed by atoms with Gasteiger partial charge in [-0.25, -0.2) is 0 Å². The van der Waals surface area contributed by atoms with Crippen molar-refractivity contribution in [3.05, 3.63) is 0 Å². The maximum atomic E-state index is 10.9. The zero-order valence-electron chi connectivity index (χ0n) is 5.80. The molecule has 2 nitrogen and oxygen atoms in total. The minimum Gasteiger partial charge on any atom is -0.343 e. The first kappa shape index (κ1) is 6.53. The van der Waals surface area contributed by atoms with Crippen LogP contribution in [-0.2, 0) is 0 Å². The van der Waals surface area contributed by atoms with Crippen molar-refractivity contribution in [1.29, 1.82) is 0 Å². The number of amides is 1. The number of carbonyl (C=O) groups is 1. The Morgan fingerprint density at radius 3 is 3.00 bits per heavy atom. The zero-order chi connectivity index (χ0) is 6.97. The quantitative estimate of drug-likeness (QED) is 0.580. The van der Waals surface area contributed by atoms with Gasteiger partial charge in [0.25, 0.3) is 5.24 Å². The van der Waals surface area contributed by atoms with Gasteiger partial charge in [-0.15, -0.1) is 0 Å². The van der Waals surface area contributed by atoms with Crippen LogP contribution in [0.1, 0.15) is 25.7 Å². The SMILES string of the molecule is O=C1N[C@H]2CCCC[C@H]2S1. The zero-order valence-corrected chi connectivity index (χ0v) is 6.62. The van der Waals surface area contributed by atoms with Crippen molar-refractivity contribution in [3.63, 3.8) is 0 Å². The highest BCUT2D eigenvalue weighted by Gasteiger charge is 2.34. The molecule has 2 aliphatic rings. The molecule has 1 heterocycles. The minimum atomic E-state index is 0.192. The van der Waals surface area contributed by atoms with Gasteiger partial charge in [0.05, 0.1) is 0 Å². The lowest BCUT2D eigenvalue weighted by Gasteiger charge is -2.22. The molecule has 0 aromatic carbocycles. The number of hydrogen-bond acceptors (Lipinski definition) is 2. The Kier molecular flexibility index (Phi) is 1.60. The molecule has 1 saturated carbocycles. The summed E-state index contributed by atoms with van der Waals surface area (Å²) in [6, 6.07) is 0.506. The van der Waals surface area contributed by atoms with Gasteiger partial charge < -0.3 is 5.32 Å². The molecule has 0 unspecified atom stereocenters. The van der Waals surface area contributed by atoms with Crippen molar-refractivity contribution in [3.8, 4) is 0 Å². The highest BCUT2D eigenvalue weighted by molar-refractivity contribution is 8.14. The molecular weight excluding hydrogens is 146 g/mol. The molecular formula is C7H11NOS. The Hall–Kier alpha value is -0.180. The molecule has 1 amide bonds. The number of nitrogens with one attached hydrogen (secondary N) is 1. The largest absolute Gasteiger partial charge is 0.343 e. The van der Waals surface area contributed by atoms with E-state index in [9.17, 15) is 4.79 Å². The van der Waals surface area contributed by atoms with E-state index in [4.69, 9.17) is 0 Å². The van der Waals surface area contributed by atoms with Crippen LogP contribution >= 0.6 is 11.8 Å². The summed E-state index contributed by atoms with van der Waals surface area (Å²) in [6.45, 7) is 0. The van der Waals surface area contributed by atoms with Gasteiger partial charge in [-0.1, -0.05) is 24.6 Å². The van der Waals surface area contributed by atoms with E-state index >= 15 is 0 Å². The first-order chi connectivity index (χ1) is 4.86. The van der Waals surface area contributed by atoms with Crippen LogP contribution in [0.4, 0.5) is 4.79 Å². The Bertz CT molecular complexity index is 144. The van der Waals surface area contributed by atoms with Gasteiger partial charge in [-0.2, -0.15) is 0 Å². The van der Waals surface area contributed by atoms with Gasteiger partial charge >= 0.3 is 0 Å². The van der Waals surface area contributed by atoms with Crippen LogP contribution < -0.4 is 5.32 Å². The second-order valence-electron chi connectivity index (χ2n) is 2.98. The van der Waals surface area contributed by atoms with E-state index in [1.165, 1.54) is 37.4 Å². The Morgan fingerprint density at radius 2 is 2.20 bits per heavy atom. The average Bonchev–Trinajstić information content (AvgIpc) is 2.27. The van der Waals surface area contributed by atoms with Gasteiger partial charge in [-0.3, -0.25) is 4.79 Å². The van der Waals surface area contributed by atoms with Gasteiger partial charge in [-0.05, 0) is 12.8 Å². The molecule has 1 N–H and O–H groups in total. The first-order valence-electron chi connectivity index (χ1n) is 3.83. The predicted octanol–water partition coefficient (Wildman–Crippen LogP) is 1.75. The van der Waals surface area contributed by atoms with Crippen molar-refractivity contribution in [2.45, 2.75) is 37.0 Å². The summed E-state index contributed by atoms with van der Waals surface area (Å²) in [4.78, 5) is 10.9. The van der Waals surface area contributed by atoms with Crippen molar-refractivity contribution >= 4 is 17.0 Å². The molecule has 56 valence electrons. The highest BCUT2D eigenvalue weighted by Crippen LogP contribution is 2.33. The van der Waals surface area contributed by atoms with Gasteiger partial charge in [0.15, 0.2) is 0 Å². The summed E-state index contributed by atoms with van der Waals surface area (Å²) < 4.78 is 0. The van der Waals surface area contributed by atoms with Crippen LogP contribution in [0.25, 0.3) is 0 Å². The fraction of sp³-hybridized carbons (Fsp3) is 0.857. The Balaban J connectivity index is 2.04. The average molecular weight is 157 g/mol. The molecule has 2 fully saturated rings. The summed E-state index contributed by atoms with van der Waals surface area (Å²) in [5.41, 5.74) is 0. The van der Waals surface area contributed by atoms with Gasteiger partial charge in [0, 0.05) is 11.3 Å². The maximum absolute atomic E-state index is 10.9. The molecule has 0 aromatic heterocycles. The van der Waals surface area contributed by atoms with E-state index in [0.717, 1.165) is 0 Å². The third-order valence-electron chi connectivity index (χ3n) is 2.26. The van der Waals surface area contributed by atoms with E-state index in [0.29, 0.717) is 11.3 Å². The van der Waals surface area contributed by atoms with Crippen LogP contribution in [-0.4, -0.2) is 16.5 Å². The van der Waals surface area contributed by atoms with E-state index in [1.807, 2.05) is 0 Å². The number of thioether (sulfide) groups is 1. The third kappa shape index (κ3) is 1.03. The van der Waals surface area contributed by atoms with Crippen molar-refractivity contribution in [2.24, 2.45) is 0 Å². The summed E-state index contributed by atoms with van der Waals surface area (Å²) in [5.74, 6) is 0. The number of rotatable bonds is 0. The highest BCUT2D eigenvalue weighted by atomic mass is 32.2. The Labute approximate surface area is 64.8 Å².